The van der Waals surface area contributed by atoms with Gasteiger partial charge in [0.15, 0.2) is 5.78 Å². The first-order valence-electron chi connectivity index (χ1n) is 5.96. The van der Waals surface area contributed by atoms with E-state index in [2.05, 4.69) is 15.9 Å². The van der Waals surface area contributed by atoms with Crippen LogP contribution in [0.3, 0.4) is 0 Å². The lowest BCUT2D eigenvalue weighted by atomic mass is 9.97. The fraction of sp³-hybridized carbons (Fsp3) is 0.214. The van der Waals surface area contributed by atoms with Crippen molar-refractivity contribution in [2.24, 2.45) is 0 Å². The van der Waals surface area contributed by atoms with Crippen LogP contribution in [0.5, 0.6) is 0 Å². The number of carbonyl (C=O) groups is 1. The number of hydrogen-bond donors (Lipinski definition) is 0. The number of carbonyl (C=O) groups excluding carboxylic acids is 1. The maximum absolute atomic E-state index is 11.9. The highest BCUT2D eigenvalue weighted by atomic mass is 79.9. The summed E-state index contributed by atoms with van der Waals surface area (Å²) in [6.07, 6.45) is 4.24. The SMILES string of the molecule is O=C1CCCc2c1ccn2-c1c(Cl)cc(Br)cc1Cl. The molecule has 0 aliphatic heterocycles. The van der Waals surface area contributed by atoms with Crippen LogP contribution in [0.1, 0.15) is 28.9 Å². The second kappa shape index (κ2) is 4.97. The number of ketones is 1. The van der Waals surface area contributed by atoms with Gasteiger partial charge in [-0.25, -0.2) is 0 Å². The Kier molecular flexibility index (Phi) is 3.46. The third-order valence-corrected chi connectivity index (χ3v) is 4.37. The molecule has 1 aromatic carbocycles. The van der Waals surface area contributed by atoms with Crippen molar-refractivity contribution in [3.63, 3.8) is 0 Å². The Morgan fingerprint density at radius 1 is 1.16 bits per heavy atom. The summed E-state index contributed by atoms with van der Waals surface area (Å²) in [5.41, 5.74) is 2.53. The number of halogens is 3. The zero-order valence-electron chi connectivity index (χ0n) is 9.92. The molecule has 2 aromatic rings. The van der Waals surface area contributed by atoms with Crippen molar-refractivity contribution in [3.8, 4) is 5.69 Å². The summed E-state index contributed by atoms with van der Waals surface area (Å²) in [4.78, 5) is 11.9. The number of aromatic nitrogens is 1. The minimum Gasteiger partial charge on any atom is -0.317 e. The summed E-state index contributed by atoms with van der Waals surface area (Å²) in [5, 5.41) is 1.13. The first-order chi connectivity index (χ1) is 9.08. The molecule has 98 valence electrons. The van der Waals surface area contributed by atoms with E-state index in [9.17, 15) is 4.79 Å². The van der Waals surface area contributed by atoms with E-state index in [1.54, 1.807) is 12.1 Å². The number of fused-ring (bicyclic) bond motifs is 1. The summed E-state index contributed by atoms with van der Waals surface area (Å²) in [5.74, 6) is 0.198. The molecule has 1 aromatic heterocycles. The highest BCUT2D eigenvalue weighted by Gasteiger charge is 2.22. The van der Waals surface area contributed by atoms with Gasteiger partial charge in [0, 0.05) is 28.3 Å². The molecule has 0 bridgehead atoms. The molecular formula is C14H10BrCl2NO. The minimum absolute atomic E-state index is 0.198. The molecule has 0 atom stereocenters. The zero-order chi connectivity index (χ0) is 13.6. The predicted octanol–water partition coefficient (Wildman–Crippen LogP) is 5.07. The fourth-order valence-corrected chi connectivity index (χ4v) is 3.89. The normalized spacial score (nSPS) is 14.6. The Labute approximate surface area is 129 Å². The van der Waals surface area contributed by atoms with Crippen LogP contribution in [0.15, 0.2) is 28.9 Å². The van der Waals surface area contributed by atoms with Gasteiger partial charge in [-0.05, 0) is 31.0 Å². The van der Waals surface area contributed by atoms with Crippen LogP contribution >= 0.6 is 39.1 Å². The Hall–Kier alpha value is -0.770. The van der Waals surface area contributed by atoms with Crippen LogP contribution in [-0.2, 0) is 6.42 Å². The van der Waals surface area contributed by atoms with E-state index in [0.717, 1.165) is 34.3 Å². The minimum atomic E-state index is 0.198. The van der Waals surface area contributed by atoms with Crippen molar-refractivity contribution in [3.05, 3.63) is 50.2 Å². The van der Waals surface area contributed by atoms with Crippen LogP contribution in [-0.4, -0.2) is 10.4 Å². The smallest absolute Gasteiger partial charge is 0.164 e. The van der Waals surface area contributed by atoms with Gasteiger partial charge in [0.05, 0.1) is 15.7 Å². The van der Waals surface area contributed by atoms with Gasteiger partial charge >= 0.3 is 0 Å². The number of nitrogens with zero attached hydrogens (tertiary/aromatic N) is 1. The first-order valence-corrected chi connectivity index (χ1v) is 7.51. The van der Waals surface area contributed by atoms with E-state index in [4.69, 9.17) is 23.2 Å². The maximum Gasteiger partial charge on any atom is 0.164 e. The quantitative estimate of drug-likeness (QED) is 0.697. The van der Waals surface area contributed by atoms with E-state index in [1.165, 1.54) is 0 Å². The third-order valence-electron chi connectivity index (χ3n) is 3.33. The van der Waals surface area contributed by atoms with E-state index >= 15 is 0 Å². The molecule has 2 nitrogen and oxygen atoms in total. The lowest BCUT2D eigenvalue weighted by Crippen LogP contribution is -2.12. The molecule has 19 heavy (non-hydrogen) atoms. The van der Waals surface area contributed by atoms with Crippen molar-refractivity contribution in [1.82, 2.24) is 4.57 Å². The number of benzene rings is 1. The Morgan fingerprint density at radius 3 is 2.53 bits per heavy atom. The van der Waals surface area contributed by atoms with Crippen molar-refractivity contribution in [2.75, 3.05) is 0 Å². The molecule has 0 amide bonds. The third kappa shape index (κ3) is 2.24. The molecule has 0 N–H and O–H groups in total. The molecule has 0 saturated heterocycles. The molecular weight excluding hydrogens is 349 g/mol. The molecule has 1 aliphatic rings. The van der Waals surface area contributed by atoms with Gasteiger partial charge in [0.1, 0.15) is 0 Å². The van der Waals surface area contributed by atoms with Gasteiger partial charge in [-0.15, -0.1) is 0 Å². The monoisotopic (exact) mass is 357 g/mol. The summed E-state index contributed by atoms with van der Waals surface area (Å²) < 4.78 is 2.77. The van der Waals surface area contributed by atoms with Gasteiger partial charge in [0.25, 0.3) is 0 Å². The molecule has 0 unspecified atom stereocenters. The second-order valence-corrected chi connectivity index (χ2v) is 6.27. The Bertz CT molecular complexity index is 655. The topological polar surface area (TPSA) is 22.0 Å². The molecule has 5 heteroatoms. The van der Waals surface area contributed by atoms with Crippen LogP contribution in [0.2, 0.25) is 10.0 Å². The highest BCUT2D eigenvalue weighted by molar-refractivity contribution is 9.10. The van der Waals surface area contributed by atoms with Gasteiger partial charge in [-0.2, -0.15) is 0 Å². The molecule has 0 fully saturated rings. The maximum atomic E-state index is 11.9. The molecule has 1 heterocycles. The van der Waals surface area contributed by atoms with Gasteiger partial charge in [0.2, 0.25) is 0 Å². The van der Waals surface area contributed by atoms with E-state index in [-0.39, 0.29) is 5.78 Å². The Balaban J connectivity index is 2.21. The largest absolute Gasteiger partial charge is 0.317 e. The van der Waals surface area contributed by atoms with Crippen molar-refractivity contribution >= 4 is 44.9 Å². The predicted molar refractivity (Wildman–Crippen MR) is 80.8 cm³/mol. The van der Waals surface area contributed by atoms with E-state index < -0.39 is 0 Å². The van der Waals surface area contributed by atoms with Gasteiger partial charge in [-0.3, -0.25) is 4.79 Å². The van der Waals surface area contributed by atoms with Crippen LogP contribution in [0.25, 0.3) is 5.69 Å². The molecule has 1 aliphatic carbocycles. The van der Waals surface area contributed by atoms with Crippen molar-refractivity contribution in [2.45, 2.75) is 19.3 Å². The molecule has 0 spiro atoms. The zero-order valence-corrected chi connectivity index (χ0v) is 13.0. The van der Waals surface area contributed by atoms with E-state index in [0.29, 0.717) is 16.5 Å². The highest BCUT2D eigenvalue weighted by Crippen LogP contribution is 2.35. The lowest BCUT2D eigenvalue weighted by Gasteiger charge is -2.17. The van der Waals surface area contributed by atoms with Crippen LogP contribution < -0.4 is 0 Å². The van der Waals surface area contributed by atoms with Crippen LogP contribution in [0, 0.1) is 0 Å². The van der Waals surface area contributed by atoms with Crippen molar-refractivity contribution < 1.29 is 4.79 Å². The van der Waals surface area contributed by atoms with Gasteiger partial charge in [-0.1, -0.05) is 39.1 Å². The standard InChI is InChI=1S/C14H10BrCl2NO/c15-8-6-10(16)14(11(17)7-8)18-5-4-9-12(18)2-1-3-13(9)19/h4-7H,1-3H2. The average Bonchev–Trinajstić information content (AvgIpc) is 2.73. The van der Waals surface area contributed by atoms with Crippen molar-refractivity contribution in [1.29, 1.82) is 0 Å². The summed E-state index contributed by atoms with van der Waals surface area (Å²) >= 11 is 15.9. The summed E-state index contributed by atoms with van der Waals surface area (Å²) in [6.45, 7) is 0. The van der Waals surface area contributed by atoms with Crippen LogP contribution in [0.4, 0.5) is 0 Å². The summed E-state index contributed by atoms with van der Waals surface area (Å²) in [6, 6.07) is 5.46. The second-order valence-electron chi connectivity index (χ2n) is 4.54. The van der Waals surface area contributed by atoms with E-state index in [1.807, 2.05) is 16.8 Å². The Morgan fingerprint density at radius 2 is 1.84 bits per heavy atom. The number of Topliss-reactive ketones (excluding diaryl/α,β-unsaturated/α-hetero) is 1. The molecule has 0 radical (unpaired) electrons. The fourth-order valence-electron chi connectivity index (χ4n) is 2.50. The molecule has 3 rings (SSSR count). The average molecular weight is 359 g/mol. The lowest BCUT2D eigenvalue weighted by molar-refractivity contribution is 0.0972. The molecule has 0 saturated carbocycles. The summed E-state index contributed by atoms with van der Waals surface area (Å²) in [7, 11) is 0. The number of rotatable bonds is 1. The number of hydrogen-bond acceptors (Lipinski definition) is 1. The van der Waals surface area contributed by atoms with Gasteiger partial charge < -0.3 is 4.57 Å². The first kappa shape index (κ1) is 13.2.